The first kappa shape index (κ1) is 11.0. The Labute approximate surface area is 99.1 Å². The fourth-order valence-corrected chi connectivity index (χ4v) is 3.37. The van der Waals surface area contributed by atoms with E-state index in [-0.39, 0.29) is 0 Å². The first-order valence-corrected chi connectivity index (χ1v) is 7.25. The van der Waals surface area contributed by atoms with Gasteiger partial charge in [-0.3, -0.25) is 0 Å². The molecule has 2 saturated carbocycles. The fraction of sp³-hybridized carbons (Fsp3) is 1.00. The SMILES string of the molecule is C1CCC2(CC1)CCC(CNCC1CC1)O2. The van der Waals surface area contributed by atoms with Gasteiger partial charge in [0.05, 0.1) is 11.7 Å². The molecule has 0 aromatic rings. The van der Waals surface area contributed by atoms with Crippen molar-refractivity contribution in [3.05, 3.63) is 0 Å². The van der Waals surface area contributed by atoms with Crippen LogP contribution in [-0.4, -0.2) is 24.8 Å². The zero-order valence-electron chi connectivity index (χ0n) is 10.3. The first-order valence-electron chi connectivity index (χ1n) is 7.25. The van der Waals surface area contributed by atoms with Crippen molar-refractivity contribution in [2.75, 3.05) is 13.1 Å². The fourth-order valence-electron chi connectivity index (χ4n) is 3.37. The Kier molecular flexibility index (Phi) is 3.21. The van der Waals surface area contributed by atoms with E-state index in [0.717, 1.165) is 12.5 Å². The number of rotatable bonds is 4. The molecule has 1 N–H and O–H groups in total. The average Bonchev–Trinajstić information content (AvgIpc) is 3.04. The third-order valence-electron chi connectivity index (χ3n) is 4.61. The van der Waals surface area contributed by atoms with Gasteiger partial charge in [0.2, 0.25) is 0 Å². The first-order chi connectivity index (χ1) is 7.86. The molecule has 1 spiro atoms. The monoisotopic (exact) mass is 223 g/mol. The molecule has 2 heteroatoms. The van der Waals surface area contributed by atoms with Gasteiger partial charge in [-0.1, -0.05) is 19.3 Å². The molecule has 0 aromatic carbocycles. The van der Waals surface area contributed by atoms with Crippen molar-refractivity contribution >= 4 is 0 Å². The maximum absolute atomic E-state index is 6.33. The normalized spacial score (nSPS) is 33.4. The highest BCUT2D eigenvalue weighted by atomic mass is 16.5. The van der Waals surface area contributed by atoms with Crippen molar-refractivity contribution in [1.82, 2.24) is 5.32 Å². The molecule has 3 aliphatic rings. The van der Waals surface area contributed by atoms with Crippen LogP contribution in [0.1, 0.15) is 57.8 Å². The Bertz CT molecular complexity index is 231. The molecule has 3 rings (SSSR count). The van der Waals surface area contributed by atoms with E-state index in [1.165, 1.54) is 64.3 Å². The highest BCUT2D eigenvalue weighted by Crippen LogP contribution is 2.41. The standard InChI is InChI=1S/C14H25NO/c1-2-7-14(8-3-1)9-6-13(16-14)11-15-10-12-4-5-12/h12-13,15H,1-11H2. The predicted octanol–water partition coefficient (Wildman–Crippen LogP) is 2.87. The van der Waals surface area contributed by atoms with Gasteiger partial charge in [0.1, 0.15) is 0 Å². The maximum Gasteiger partial charge on any atom is 0.0708 e. The molecule has 16 heavy (non-hydrogen) atoms. The van der Waals surface area contributed by atoms with Gasteiger partial charge in [-0.15, -0.1) is 0 Å². The molecule has 1 saturated heterocycles. The lowest BCUT2D eigenvalue weighted by atomic mass is 9.83. The van der Waals surface area contributed by atoms with Gasteiger partial charge in [-0.2, -0.15) is 0 Å². The van der Waals surface area contributed by atoms with Crippen molar-refractivity contribution < 1.29 is 4.74 Å². The van der Waals surface area contributed by atoms with Crippen molar-refractivity contribution in [3.63, 3.8) is 0 Å². The Hall–Kier alpha value is -0.0800. The molecule has 0 radical (unpaired) electrons. The molecule has 1 aliphatic heterocycles. The summed E-state index contributed by atoms with van der Waals surface area (Å²) >= 11 is 0. The molecule has 0 amide bonds. The molecule has 1 unspecified atom stereocenters. The third-order valence-corrected chi connectivity index (χ3v) is 4.61. The molecule has 2 nitrogen and oxygen atoms in total. The topological polar surface area (TPSA) is 21.3 Å². The predicted molar refractivity (Wildman–Crippen MR) is 65.5 cm³/mol. The van der Waals surface area contributed by atoms with Gasteiger partial charge in [-0.05, 0) is 51.0 Å². The second-order valence-corrected chi connectivity index (χ2v) is 6.12. The lowest BCUT2D eigenvalue weighted by Gasteiger charge is -2.33. The lowest BCUT2D eigenvalue weighted by molar-refractivity contribution is -0.0623. The van der Waals surface area contributed by atoms with E-state index in [9.17, 15) is 0 Å². The van der Waals surface area contributed by atoms with Crippen molar-refractivity contribution in [1.29, 1.82) is 0 Å². The minimum atomic E-state index is 0.310. The lowest BCUT2D eigenvalue weighted by Crippen LogP contribution is -2.35. The second kappa shape index (κ2) is 4.66. The summed E-state index contributed by atoms with van der Waals surface area (Å²) in [5.74, 6) is 0.991. The summed E-state index contributed by atoms with van der Waals surface area (Å²) in [6, 6.07) is 0. The summed E-state index contributed by atoms with van der Waals surface area (Å²) in [5.41, 5.74) is 0.310. The van der Waals surface area contributed by atoms with E-state index in [4.69, 9.17) is 4.74 Å². The third kappa shape index (κ3) is 2.60. The van der Waals surface area contributed by atoms with Gasteiger partial charge < -0.3 is 10.1 Å². The van der Waals surface area contributed by atoms with Crippen LogP contribution >= 0.6 is 0 Å². The Balaban J connectivity index is 1.40. The molecule has 0 bridgehead atoms. The molecule has 2 aliphatic carbocycles. The Morgan fingerprint density at radius 3 is 2.50 bits per heavy atom. The van der Waals surface area contributed by atoms with Crippen LogP contribution < -0.4 is 5.32 Å². The van der Waals surface area contributed by atoms with Crippen LogP contribution in [0, 0.1) is 5.92 Å². The van der Waals surface area contributed by atoms with Crippen LogP contribution in [-0.2, 0) is 4.74 Å². The average molecular weight is 223 g/mol. The molecular weight excluding hydrogens is 198 g/mol. The van der Waals surface area contributed by atoms with Gasteiger partial charge in [0, 0.05) is 6.54 Å². The highest BCUT2D eigenvalue weighted by molar-refractivity contribution is 4.92. The van der Waals surface area contributed by atoms with Crippen LogP contribution in [0.5, 0.6) is 0 Å². The van der Waals surface area contributed by atoms with Gasteiger partial charge in [-0.25, -0.2) is 0 Å². The maximum atomic E-state index is 6.33. The summed E-state index contributed by atoms with van der Waals surface area (Å²) in [5, 5.41) is 3.59. The minimum absolute atomic E-state index is 0.310. The Morgan fingerprint density at radius 1 is 0.938 bits per heavy atom. The molecule has 1 atom stereocenters. The summed E-state index contributed by atoms with van der Waals surface area (Å²) in [7, 11) is 0. The zero-order chi connectivity index (χ0) is 10.8. The summed E-state index contributed by atoms with van der Waals surface area (Å²) in [4.78, 5) is 0. The van der Waals surface area contributed by atoms with Crippen LogP contribution in [0.2, 0.25) is 0 Å². The van der Waals surface area contributed by atoms with Gasteiger partial charge in [0.15, 0.2) is 0 Å². The van der Waals surface area contributed by atoms with E-state index in [1.807, 2.05) is 0 Å². The van der Waals surface area contributed by atoms with E-state index in [2.05, 4.69) is 5.32 Å². The van der Waals surface area contributed by atoms with Gasteiger partial charge >= 0.3 is 0 Å². The number of ether oxygens (including phenoxy) is 1. The minimum Gasteiger partial charge on any atom is -0.370 e. The van der Waals surface area contributed by atoms with Gasteiger partial charge in [0.25, 0.3) is 0 Å². The number of hydrogen-bond acceptors (Lipinski definition) is 2. The van der Waals surface area contributed by atoms with E-state index in [1.54, 1.807) is 0 Å². The largest absolute Gasteiger partial charge is 0.370 e. The van der Waals surface area contributed by atoms with E-state index >= 15 is 0 Å². The van der Waals surface area contributed by atoms with E-state index < -0.39 is 0 Å². The molecule has 1 heterocycles. The molecule has 3 fully saturated rings. The number of nitrogens with one attached hydrogen (secondary N) is 1. The van der Waals surface area contributed by atoms with Crippen LogP contribution in [0.4, 0.5) is 0 Å². The molecular formula is C14H25NO. The van der Waals surface area contributed by atoms with Crippen LogP contribution in [0.25, 0.3) is 0 Å². The van der Waals surface area contributed by atoms with Crippen LogP contribution in [0.3, 0.4) is 0 Å². The molecule has 0 aromatic heterocycles. The quantitative estimate of drug-likeness (QED) is 0.791. The Morgan fingerprint density at radius 2 is 1.75 bits per heavy atom. The van der Waals surface area contributed by atoms with E-state index in [0.29, 0.717) is 11.7 Å². The summed E-state index contributed by atoms with van der Waals surface area (Å²) in [6.07, 6.45) is 12.9. The smallest absolute Gasteiger partial charge is 0.0708 e. The number of hydrogen-bond donors (Lipinski definition) is 1. The zero-order valence-corrected chi connectivity index (χ0v) is 10.3. The summed E-state index contributed by atoms with van der Waals surface area (Å²) in [6.45, 7) is 2.32. The highest BCUT2D eigenvalue weighted by Gasteiger charge is 2.40. The van der Waals surface area contributed by atoms with Crippen LogP contribution in [0.15, 0.2) is 0 Å². The molecule has 92 valence electrons. The van der Waals surface area contributed by atoms with Crippen molar-refractivity contribution in [3.8, 4) is 0 Å². The van der Waals surface area contributed by atoms with Crippen molar-refractivity contribution in [2.24, 2.45) is 5.92 Å². The summed E-state index contributed by atoms with van der Waals surface area (Å²) < 4.78 is 6.33. The second-order valence-electron chi connectivity index (χ2n) is 6.12. The van der Waals surface area contributed by atoms with Crippen molar-refractivity contribution in [2.45, 2.75) is 69.5 Å².